The lowest BCUT2D eigenvalue weighted by atomic mass is 10.1. The maximum Gasteiger partial charge on any atom is 0.308 e. The molecule has 0 aliphatic rings. The van der Waals surface area contributed by atoms with Gasteiger partial charge in [0.05, 0.1) is 11.7 Å². The summed E-state index contributed by atoms with van der Waals surface area (Å²) in [5.74, 6) is -0.0415. The Morgan fingerprint density at radius 1 is 1.13 bits per heavy atom. The van der Waals surface area contributed by atoms with Crippen LogP contribution >= 0.6 is 0 Å². The van der Waals surface area contributed by atoms with E-state index < -0.39 is 11.9 Å². The number of fused-ring (bicyclic) bond motifs is 1. The van der Waals surface area contributed by atoms with Gasteiger partial charge < -0.3 is 10.1 Å². The molecule has 152 valence electrons. The van der Waals surface area contributed by atoms with Gasteiger partial charge >= 0.3 is 5.97 Å². The van der Waals surface area contributed by atoms with Crippen molar-refractivity contribution < 1.29 is 14.3 Å². The Morgan fingerprint density at radius 2 is 1.94 bits per heavy atom. The molecule has 0 aliphatic heterocycles. The summed E-state index contributed by atoms with van der Waals surface area (Å²) >= 11 is 0. The largest absolute Gasteiger partial charge is 0.427 e. The number of rotatable bonds is 4. The highest BCUT2D eigenvalue weighted by Gasteiger charge is 2.18. The number of nitrogens with zero attached hydrogens (tertiary/aromatic N) is 4. The summed E-state index contributed by atoms with van der Waals surface area (Å²) in [4.78, 5) is 28.7. The smallest absolute Gasteiger partial charge is 0.308 e. The van der Waals surface area contributed by atoms with Gasteiger partial charge in [-0.05, 0) is 42.8 Å². The Hall–Kier alpha value is -4.51. The van der Waals surface area contributed by atoms with Crippen molar-refractivity contribution in [3.8, 4) is 17.6 Å². The summed E-state index contributed by atoms with van der Waals surface area (Å²) < 4.78 is 6.46. The van der Waals surface area contributed by atoms with Gasteiger partial charge in [0.25, 0.3) is 5.91 Å². The van der Waals surface area contributed by atoms with E-state index in [2.05, 4.69) is 15.4 Å². The molecular weight excluding hydrogens is 394 g/mol. The summed E-state index contributed by atoms with van der Waals surface area (Å²) in [6.45, 7) is 3.24. The molecule has 8 heteroatoms. The van der Waals surface area contributed by atoms with Crippen molar-refractivity contribution in [1.29, 1.82) is 5.26 Å². The number of nitrogens with one attached hydrogen (secondary N) is 1. The van der Waals surface area contributed by atoms with Crippen LogP contribution in [0.5, 0.6) is 5.75 Å². The molecule has 1 N–H and O–H groups in total. The van der Waals surface area contributed by atoms with Gasteiger partial charge in [0, 0.05) is 17.9 Å². The van der Waals surface area contributed by atoms with Gasteiger partial charge in [-0.2, -0.15) is 15.0 Å². The Bertz CT molecular complexity index is 1370. The van der Waals surface area contributed by atoms with E-state index in [0.717, 1.165) is 16.5 Å². The van der Waals surface area contributed by atoms with Crippen LogP contribution in [0.4, 0.5) is 5.82 Å². The van der Waals surface area contributed by atoms with Gasteiger partial charge in [-0.1, -0.05) is 24.3 Å². The van der Waals surface area contributed by atoms with Crippen molar-refractivity contribution in [3.05, 3.63) is 77.5 Å². The average molecular weight is 411 g/mol. The van der Waals surface area contributed by atoms with Gasteiger partial charge in [-0.3, -0.25) is 9.59 Å². The molecule has 0 radical (unpaired) electrons. The number of carbonyl (C=O) groups is 2. The molecule has 0 atom stereocenters. The highest BCUT2D eigenvalue weighted by molar-refractivity contribution is 6.04. The second-order valence-electron chi connectivity index (χ2n) is 6.82. The van der Waals surface area contributed by atoms with Crippen LogP contribution in [0, 0.1) is 18.3 Å². The number of aromatic nitrogens is 3. The number of aryl methyl sites for hydroxylation is 1. The molecule has 4 rings (SSSR count). The molecule has 0 spiro atoms. The quantitative estimate of drug-likeness (QED) is 0.404. The van der Waals surface area contributed by atoms with Gasteiger partial charge in [0.2, 0.25) is 0 Å². The normalized spacial score (nSPS) is 10.5. The lowest BCUT2D eigenvalue weighted by Gasteiger charge is -2.11. The van der Waals surface area contributed by atoms with Crippen LogP contribution < -0.4 is 10.1 Å². The van der Waals surface area contributed by atoms with Gasteiger partial charge in [-0.15, -0.1) is 0 Å². The number of carbonyl (C=O) groups excluding carboxylic acids is 2. The van der Waals surface area contributed by atoms with Crippen LogP contribution in [0.15, 0.2) is 60.8 Å². The van der Waals surface area contributed by atoms with Gasteiger partial charge in [0.1, 0.15) is 17.4 Å². The van der Waals surface area contributed by atoms with Crippen molar-refractivity contribution in [2.45, 2.75) is 13.8 Å². The van der Waals surface area contributed by atoms with Crippen LogP contribution in [0.25, 0.3) is 16.7 Å². The van der Waals surface area contributed by atoms with Crippen LogP contribution in [0.3, 0.4) is 0 Å². The van der Waals surface area contributed by atoms with Crippen LogP contribution in [-0.2, 0) is 4.79 Å². The molecule has 0 saturated heterocycles. The topological polar surface area (TPSA) is 110 Å². The predicted octanol–water partition coefficient (Wildman–Crippen LogP) is 3.78. The first kappa shape index (κ1) is 19.8. The second-order valence-corrected chi connectivity index (χ2v) is 6.82. The Kier molecular flexibility index (Phi) is 5.16. The average Bonchev–Trinajstić information content (AvgIpc) is 3.16. The molecule has 0 saturated carbocycles. The molecule has 2 heterocycles. The first-order valence-corrected chi connectivity index (χ1v) is 9.41. The zero-order chi connectivity index (χ0) is 22.0. The Labute approximate surface area is 177 Å². The summed E-state index contributed by atoms with van der Waals surface area (Å²) in [6, 6.07) is 17.8. The third-order valence-electron chi connectivity index (χ3n) is 4.61. The van der Waals surface area contributed by atoms with Crippen molar-refractivity contribution in [2.24, 2.45) is 0 Å². The lowest BCUT2D eigenvalue weighted by molar-refractivity contribution is -0.131. The minimum atomic E-state index is -0.486. The van der Waals surface area contributed by atoms with E-state index in [1.54, 1.807) is 18.2 Å². The summed E-state index contributed by atoms with van der Waals surface area (Å²) in [7, 11) is 0. The van der Waals surface area contributed by atoms with Gasteiger partial charge in [-0.25, -0.2) is 4.98 Å². The SMILES string of the molecule is CC(=O)Oc1cccc(C(=O)Nc2c(C#N)cnn2-c2cc(C)c3ccccc3n2)c1. The lowest BCUT2D eigenvalue weighted by Crippen LogP contribution is -2.17. The van der Waals surface area contributed by atoms with E-state index in [4.69, 9.17) is 4.74 Å². The van der Waals surface area contributed by atoms with Crippen LogP contribution in [0.1, 0.15) is 28.4 Å². The highest BCUT2D eigenvalue weighted by Crippen LogP contribution is 2.24. The first-order chi connectivity index (χ1) is 15.0. The zero-order valence-electron chi connectivity index (χ0n) is 16.8. The van der Waals surface area contributed by atoms with Gasteiger partial charge in [0.15, 0.2) is 11.6 Å². The fourth-order valence-electron chi connectivity index (χ4n) is 3.21. The number of pyridine rings is 1. The second kappa shape index (κ2) is 8.08. The van der Waals surface area contributed by atoms with E-state index in [0.29, 0.717) is 5.82 Å². The fraction of sp³-hybridized carbons (Fsp3) is 0.0870. The molecule has 0 aliphatic carbocycles. The fourth-order valence-corrected chi connectivity index (χ4v) is 3.21. The zero-order valence-corrected chi connectivity index (χ0v) is 16.8. The molecule has 0 unspecified atom stereocenters. The summed E-state index contributed by atoms with van der Waals surface area (Å²) in [5.41, 5.74) is 2.22. The molecular formula is C23H17N5O3. The van der Waals surface area contributed by atoms with E-state index >= 15 is 0 Å². The van der Waals surface area contributed by atoms with E-state index in [-0.39, 0.29) is 22.7 Å². The number of hydrogen-bond donors (Lipinski definition) is 1. The molecule has 2 aromatic heterocycles. The monoisotopic (exact) mass is 411 g/mol. The van der Waals surface area contributed by atoms with Crippen molar-refractivity contribution in [1.82, 2.24) is 14.8 Å². The van der Waals surface area contributed by atoms with E-state index in [1.807, 2.05) is 43.3 Å². The third kappa shape index (κ3) is 3.97. The number of benzene rings is 2. The maximum atomic E-state index is 12.9. The minimum absolute atomic E-state index is 0.192. The Morgan fingerprint density at radius 3 is 2.71 bits per heavy atom. The third-order valence-corrected chi connectivity index (χ3v) is 4.61. The maximum absolute atomic E-state index is 12.9. The number of amides is 1. The molecule has 8 nitrogen and oxygen atoms in total. The minimum Gasteiger partial charge on any atom is -0.427 e. The number of nitriles is 1. The predicted molar refractivity (Wildman–Crippen MR) is 114 cm³/mol. The molecule has 0 bridgehead atoms. The standard InChI is InChI=1S/C23H17N5O3/c1-14-10-21(26-20-9-4-3-8-19(14)20)28-22(17(12-24)13-25-28)27-23(30)16-6-5-7-18(11-16)31-15(2)29/h3-11,13H,1-2H3,(H,27,30). The van der Waals surface area contributed by atoms with Crippen molar-refractivity contribution in [2.75, 3.05) is 5.32 Å². The molecule has 2 aromatic carbocycles. The van der Waals surface area contributed by atoms with Crippen LogP contribution in [-0.4, -0.2) is 26.6 Å². The molecule has 0 fully saturated rings. The molecule has 4 aromatic rings. The number of hydrogen-bond acceptors (Lipinski definition) is 6. The molecule has 1 amide bonds. The number of ether oxygens (including phenoxy) is 1. The highest BCUT2D eigenvalue weighted by atomic mass is 16.5. The summed E-state index contributed by atoms with van der Waals surface area (Å²) in [6.07, 6.45) is 1.37. The first-order valence-electron chi connectivity index (χ1n) is 9.41. The van der Waals surface area contributed by atoms with E-state index in [1.165, 1.54) is 23.9 Å². The van der Waals surface area contributed by atoms with Crippen molar-refractivity contribution >= 4 is 28.6 Å². The summed E-state index contributed by atoms with van der Waals surface area (Å²) in [5, 5.41) is 17.5. The molecule has 31 heavy (non-hydrogen) atoms. The van der Waals surface area contributed by atoms with Crippen molar-refractivity contribution in [3.63, 3.8) is 0 Å². The number of para-hydroxylation sites is 1. The van der Waals surface area contributed by atoms with Crippen LogP contribution in [0.2, 0.25) is 0 Å². The number of anilines is 1. The number of esters is 1. The Balaban J connectivity index is 1.72. The van der Waals surface area contributed by atoms with E-state index in [9.17, 15) is 14.9 Å².